The molecule has 3 rings (SSSR count). The molecule has 0 radical (unpaired) electrons. The van der Waals surface area contributed by atoms with Gasteiger partial charge in [0.15, 0.2) is 0 Å². The lowest BCUT2D eigenvalue weighted by molar-refractivity contribution is 0.308. The molecule has 122 valence electrons. The quantitative estimate of drug-likeness (QED) is 0.825. The van der Waals surface area contributed by atoms with E-state index in [9.17, 15) is 4.21 Å². The maximum absolute atomic E-state index is 13.2. The Balaban J connectivity index is 1.85. The van der Waals surface area contributed by atoms with Crippen LogP contribution in [0.1, 0.15) is 12.8 Å². The monoisotopic (exact) mass is 328 g/mol. The Morgan fingerprint density at radius 1 is 1.17 bits per heavy atom. The summed E-state index contributed by atoms with van der Waals surface area (Å²) < 4.78 is 15.3. The lowest BCUT2D eigenvalue weighted by atomic mass is 9.98. The van der Waals surface area contributed by atoms with Gasteiger partial charge < -0.3 is 5.32 Å². The number of piperidine rings is 1. The molecule has 0 spiro atoms. The van der Waals surface area contributed by atoms with E-state index in [4.69, 9.17) is 0 Å². The summed E-state index contributed by atoms with van der Waals surface area (Å²) in [6.45, 7) is 7.49. The molecule has 4 heteroatoms. The van der Waals surface area contributed by atoms with Crippen molar-refractivity contribution in [2.45, 2.75) is 17.7 Å². The van der Waals surface area contributed by atoms with Crippen LogP contribution in [-0.4, -0.2) is 34.7 Å². The molecule has 2 aromatic rings. The number of rotatable bonds is 6. The third kappa shape index (κ3) is 3.89. The van der Waals surface area contributed by atoms with E-state index in [1.807, 2.05) is 30.3 Å². The molecule has 0 saturated carbocycles. The summed E-state index contributed by atoms with van der Waals surface area (Å²) in [6.07, 6.45) is 4.16. The minimum absolute atomic E-state index is 0.607. The van der Waals surface area contributed by atoms with Crippen LogP contribution in [0.25, 0.3) is 10.8 Å². The van der Waals surface area contributed by atoms with E-state index in [-0.39, 0.29) is 0 Å². The zero-order chi connectivity index (χ0) is 16.1. The summed E-state index contributed by atoms with van der Waals surface area (Å²) in [5, 5.41) is 5.60. The Bertz CT molecular complexity index is 689. The maximum atomic E-state index is 13.2. The Hall–Kier alpha value is -1.49. The van der Waals surface area contributed by atoms with E-state index < -0.39 is 11.0 Å². The van der Waals surface area contributed by atoms with Crippen LogP contribution in [0, 0.1) is 5.92 Å². The lowest BCUT2D eigenvalue weighted by Crippen LogP contribution is -2.37. The first kappa shape index (κ1) is 16.4. The molecule has 1 N–H and O–H groups in total. The van der Waals surface area contributed by atoms with Gasteiger partial charge in [-0.05, 0) is 48.7 Å². The van der Waals surface area contributed by atoms with Crippen molar-refractivity contribution >= 4 is 21.8 Å². The molecule has 0 bridgehead atoms. The Morgan fingerprint density at radius 2 is 1.91 bits per heavy atom. The molecule has 1 saturated heterocycles. The van der Waals surface area contributed by atoms with Gasteiger partial charge in [-0.15, -0.1) is 6.58 Å². The minimum atomic E-state index is -1.16. The fourth-order valence-electron chi connectivity index (χ4n) is 3.19. The maximum Gasteiger partial charge on any atom is 0.128 e. The molecular weight excluding hydrogens is 304 g/mol. The fourth-order valence-corrected chi connectivity index (χ4v) is 4.63. The van der Waals surface area contributed by atoms with Gasteiger partial charge in [0.05, 0.1) is 4.90 Å². The molecule has 0 amide bonds. The summed E-state index contributed by atoms with van der Waals surface area (Å²) in [4.78, 5) is 0.902. The SMILES string of the molecule is C=CCN(CC1CCNCC1)S(=O)c1cccc2ccccc12. The Kier molecular flexibility index (Phi) is 5.60. The van der Waals surface area contributed by atoms with E-state index in [1.54, 1.807) is 0 Å². The van der Waals surface area contributed by atoms with Crippen LogP contribution in [0.15, 0.2) is 60.0 Å². The Labute approximate surface area is 141 Å². The first-order valence-corrected chi connectivity index (χ1v) is 9.36. The second-order valence-corrected chi connectivity index (χ2v) is 7.51. The molecule has 1 atom stereocenters. The molecule has 1 aliphatic rings. The van der Waals surface area contributed by atoms with Gasteiger partial charge in [0.1, 0.15) is 11.0 Å². The number of hydrogen-bond donors (Lipinski definition) is 1. The van der Waals surface area contributed by atoms with Crippen molar-refractivity contribution in [2.75, 3.05) is 26.2 Å². The molecule has 1 heterocycles. The van der Waals surface area contributed by atoms with Crippen molar-refractivity contribution in [3.05, 3.63) is 55.1 Å². The van der Waals surface area contributed by atoms with Gasteiger partial charge in [-0.25, -0.2) is 8.51 Å². The number of nitrogens with zero attached hydrogens (tertiary/aromatic N) is 1. The van der Waals surface area contributed by atoms with Gasteiger partial charge in [0, 0.05) is 13.1 Å². The van der Waals surface area contributed by atoms with Crippen LogP contribution in [-0.2, 0) is 11.0 Å². The van der Waals surface area contributed by atoms with Gasteiger partial charge in [-0.3, -0.25) is 0 Å². The molecule has 0 aliphatic carbocycles. The molecular formula is C19H24N2OS. The predicted molar refractivity (Wildman–Crippen MR) is 97.7 cm³/mol. The molecule has 1 fully saturated rings. The van der Waals surface area contributed by atoms with Crippen LogP contribution in [0.2, 0.25) is 0 Å². The largest absolute Gasteiger partial charge is 0.317 e. The smallest absolute Gasteiger partial charge is 0.128 e. The second-order valence-electron chi connectivity index (χ2n) is 6.06. The molecule has 2 aromatic carbocycles. The van der Waals surface area contributed by atoms with Crippen LogP contribution in [0.4, 0.5) is 0 Å². The number of fused-ring (bicyclic) bond motifs is 1. The van der Waals surface area contributed by atoms with Crippen LogP contribution in [0.5, 0.6) is 0 Å². The zero-order valence-corrected chi connectivity index (χ0v) is 14.2. The highest BCUT2D eigenvalue weighted by molar-refractivity contribution is 7.83. The number of hydrogen-bond acceptors (Lipinski definition) is 2. The highest BCUT2D eigenvalue weighted by Crippen LogP contribution is 2.24. The van der Waals surface area contributed by atoms with Crippen molar-refractivity contribution in [1.82, 2.24) is 9.62 Å². The van der Waals surface area contributed by atoms with Gasteiger partial charge >= 0.3 is 0 Å². The molecule has 0 aromatic heterocycles. The van der Waals surface area contributed by atoms with Crippen LogP contribution >= 0.6 is 0 Å². The summed E-state index contributed by atoms with van der Waals surface area (Å²) in [5.74, 6) is 0.607. The Morgan fingerprint density at radius 3 is 2.70 bits per heavy atom. The van der Waals surface area contributed by atoms with Gasteiger partial charge in [-0.1, -0.05) is 42.5 Å². The summed E-state index contributed by atoms with van der Waals surface area (Å²) in [6, 6.07) is 14.2. The first-order valence-electron chi connectivity index (χ1n) is 8.26. The van der Waals surface area contributed by atoms with Gasteiger partial charge in [0.2, 0.25) is 0 Å². The van der Waals surface area contributed by atoms with Crippen LogP contribution in [0.3, 0.4) is 0 Å². The topological polar surface area (TPSA) is 32.3 Å². The van der Waals surface area contributed by atoms with E-state index in [0.29, 0.717) is 12.5 Å². The van der Waals surface area contributed by atoms with E-state index in [1.165, 1.54) is 0 Å². The fraction of sp³-hybridized carbons (Fsp3) is 0.368. The zero-order valence-electron chi connectivity index (χ0n) is 13.4. The number of nitrogens with one attached hydrogen (secondary N) is 1. The highest BCUT2D eigenvalue weighted by atomic mass is 32.2. The average Bonchev–Trinajstić information content (AvgIpc) is 2.61. The van der Waals surface area contributed by atoms with Crippen molar-refractivity contribution in [3.8, 4) is 0 Å². The van der Waals surface area contributed by atoms with E-state index in [2.05, 4.69) is 34.4 Å². The summed E-state index contributed by atoms with van der Waals surface area (Å²) >= 11 is 0. The van der Waals surface area contributed by atoms with Crippen molar-refractivity contribution < 1.29 is 4.21 Å². The molecule has 23 heavy (non-hydrogen) atoms. The normalized spacial score (nSPS) is 17.4. The van der Waals surface area contributed by atoms with E-state index >= 15 is 0 Å². The van der Waals surface area contributed by atoms with Gasteiger partial charge in [0.25, 0.3) is 0 Å². The highest BCUT2D eigenvalue weighted by Gasteiger charge is 2.22. The number of benzene rings is 2. The lowest BCUT2D eigenvalue weighted by Gasteiger charge is -2.28. The van der Waals surface area contributed by atoms with E-state index in [0.717, 1.165) is 48.1 Å². The third-order valence-electron chi connectivity index (χ3n) is 4.43. The van der Waals surface area contributed by atoms with Crippen molar-refractivity contribution in [1.29, 1.82) is 0 Å². The van der Waals surface area contributed by atoms with Crippen molar-refractivity contribution in [2.24, 2.45) is 5.92 Å². The summed E-state index contributed by atoms with van der Waals surface area (Å²) in [7, 11) is -1.16. The van der Waals surface area contributed by atoms with Crippen molar-refractivity contribution in [3.63, 3.8) is 0 Å². The second kappa shape index (κ2) is 7.86. The summed E-state index contributed by atoms with van der Waals surface area (Å²) in [5.41, 5.74) is 0. The predicted octanol–water partition coefficient (Wildman–Crippen LogP) is 3.35. The van der Waals surface area contributed by atoms with Crippen LogP contribution < -0.4 is 5.32 Å². The average molecular weight is 328 g/mol. The standard InChI is InChI=1S/C19H24N2OS/c1-2-14-21(15-16-10-12-20-13-11-16)23(22)19-9-5-7-17-6-3-4-8-18(17)19/h2-9,16,20H,1,10-15H2. The molecule has 1 aliphatic heterocycles. The minimum Gasteiger partial charge on any atom is -0.317 e. The first-order chi connectivity index (χ1) is 11.3. The third-order valence-corrected chi connectivity index (χ3v) is 5.92. The molecule has 3 nitrogen and oxygen atoms in total. The van der Waals surface area contributed by atoms with Gasteiger partial charge in [-0.2, -0.15) is 0 Å². The molecule has 1 unspecified atom stereocenters.